The molecule has 0 bridgehead atoms. The molecule has 0 aromatic heterocycles. The Morgan fingerprint density at radius 2 is 2.22 bits per heavy atom. The van der Waals surface area contributed by atoms with E-state index in [0.717, 1.165) is 45.6 Å². The summed E-state index contributed by atoms with van der Waals surface area (Å²) in [6, 6.07) is 8.37. The number of fused-ring (bicyclic) bond motifs is 1. The Hall–Kier alpha value is -1.39. The smallest absolute Gasteiger partial charge is 0.225 e. The molecule has 1 aromatic carbocycles. The second-order valence-electron chi connectivity index (χ2n) is 6.86. The molecule has 1 fully saturated rings. The van der Waals surface area contributed by atoms with Gasteiger partial charge in [-0.1, -0.05) is 31.2 Å². The summed E-state index contributed by atoms with van der Waals surface area (Å²) in [7, 11) is 2.15. The summed E-state index contributed by atoms with van der Waals surface area (Å²) in [6.07, 6.45) is 2.49. The fourth-order valence-corrected chi connectivity index (χ4v) is 3.71. The molecule has 0 N–H and O–H groups in total. The Labute approximate surface area is 139 Å². The number of nitrogens with zero attached hydrogens (tertiary/aromatic N) is 2. The van der Waals surface area contributed by atoms with Crippen LogP contribution in [0.15, 0.2) is 24.3 Å². The number of likely N-dealkylation sites (tertiary alicyclic amines) is 1. The predicted octanol–water partition coefficient (Wildman–Crippen LogP) is 2.49. The van der Waals surface area contributed by atoms with E-state index in [1.54, 1.807) is 0 Å². The van der Waals surface area contributed by atoms with Gasteiger partial charge in [0.25, 0.3) is 0 Å². The van der Waals surface area contributed by atoms with Crippen molar-refractivity contribution in [3.8, 4) is 0 Å². The van der Waals surface area contributed by atoms with Crippen LogP contribution in [0.1, 0.15) is 37.0 Å². The Bertz CT molecular complexity index is 546. The highest BCUT2D eigenvalue weighted by atomic mass is 16.5. The molecule has 1 saturated heterocycles. The van der Waals surface area contributed by atoms with E-state index in [1.807, 2.05) is 11.0 Å². The number of carbonyl (C=O) groups is 1. The summed E-state index contributed by atoms with van der Waals surface area (Å²) in [6.45, 7) is 6.85. The summed E-state index contributed by atoms with van der Waals surface area (Å²) in [5.74, 6) is 0.858. The van der Waals surface area contributed by atoms with Gasteiger partial charge in [-0.25, -0.2) is 0 Å². The van der Waals surface area contributed by atoms with E-state index in [-0.39, 0.29) is 12.0 Å². The van der Waals surface area contributed by atoms with Crippen LogP contribution in [0.5, 0.6) is 0 Å². The number of carbonyl (C=O) groups excluding carboxylic acids is 1. The lowest BCUT2D eigenvalue weighted by atomic mass is 9.95. The number of benzene rings is 1. The molecule has 0 saturated carbocycles. The van der Waals surface area contributed by atoms with Crippen molar-refractivity contribution in [2.45, 2.75) is 32.3 Å². The second kappa shape index (κ2) is 7.45. The highest BCUT2D eigenvalue weighted by molar-refractivity contribution is 5.77. The van der Waals surface area contributed by atoms with Crippen molar-refractivity contribution >= 4 is 5.91 Å². The number of rotatable bonds is 5. The second-order valence-corrected chi connectivity index (χ2v) is 6.86. The molecule has 1 amide bonds. The van der Waals surface area contributed by atoms with E-state index in [9.17, 15) is 4.79 Å². The van der Waals surface area contributed by atoms with Crippen LogP contribution >= 0.6 is 0 Å². The van der Waals surface area contributed by atoms with Gasteiger partial charge in [0.15, 0.2) is 0 Å². The zero-order valence-electron chi connectivity index (χ0n) is 14.3. The van der Waals surface area contributed by atoms with E-state index in [0.29, 0.717) is 12.3 Å². The molecule has 2 aliphatic heterocycles. The third-order valence-corrected chi connectivity index (χ3v) is 5.20. The van der Waals surface area contributed by atoms with Crippen LogP contribution in [0, 0.1) is 5.92 Å². The van der Waals surface area contributed by atoms with Gasteiger partial charge in [-0.2, -0.15) is 0 Å². The molecule has 0 spiro atoms. The average Bonchev–Trinajstić information content (AvgIpc) is 3.03. The molecule has 1 aromatic rings. The van der Waals surface area contributed by atoms with E-state index in [1.165, 1.54) is 11.1 Å². The fraction of sp³-hybridized carbons (Fsp3) is 0.632. The molecule has 4 heteroatoms. The molecule has 0 radical (unpaired) electrons. The highest BCUT2D eigenvalue weighted by Gasteiger charge is 2.30. The van der Waals surface area contributed by atoms with Crippen molar-refractivity contribution in [1.82, 2.24) is 9.80 Å². The Balaban J connectivity index is 1.56. The minimum Gasteiger partial charge on any atom is -0.373 e. The SMILES string of the molecule is CCN(C)C[C@@H]1CCN(C(=O)C[C@H]2OCCc3ccccc32)C1. The van der Waals surface area contributed by atoms with Crippen LogP contribution < -0.4 is 0 Å². The zero-order chi connectivity index (χ0) is 16.2. The number of ether oxygens (including phenoxy) is 1. The van der Waals surface area contributed by atoms with Crippen molar-refractivity contribution in [2.24, 2.45) is 5.92 Å². The number of hydrogen-bond donors (Lipinski definition) is 0. The average molecular weight is 316 g/mol. The Morgan fingerprint density at radius 1 is 1.39 bits per heavy atom. The van der Waals surface area contributed by atoms with Gasteiger partial charge in [-0.05, 0) is 43.5 Å². The van der Waals surface area contributed by atoms with E-state index in [4.69, 9.17) is 4.74 Å². The van der Waals surface area contributed by atoms with Gasteiger partial charge >= 0.3 is 0 Å². The van der Waals surface area contributed by atoms with Crippen LogP contribution in [0.2, 0.25) is 0 Å². The maximum absolute atomic E-state index is 12.7. The molecule has 2 atom stereocenters. The fourth-order valence-electron chi connectivity index (χ4n) is 3.71. The third-order valence-electron chi connectivity index (χ3n) is 5.20. The molecule has 0 aliphatic carbocycles. The summed E-state index contributed by atoms with van der Waals surface area (Å²) in [4.78, 5) is 17.0. The van der Waals surface area contributed by atoms with Crippen LogP contribution in [-0.2, 0) is 16.0 Å². The van der Waals surface area contributed by atoms with Crippen LogP contribution in [-0.4, -0.2) is 55.5 Å². The molecular formula is C19H28N2O2. The molecular weight excluding hydrogens is 288 g/mol. The van der Waals surface area contributed by atoms with Crippen LogP contribution in [0.3, 0.4) is 0 Å². The Kier molecular flexibility index (Phi) is 5.34. The van der Waals surface area contributed by atoms with Gasteiger partial charge in [-0.3, -0.25) is 4.79 Å². The standard InChI is InChI=1S/C19H28N2O2/c1-3-20(2)13-15-8-10-21(14-15)19(22)12-18-17-7-5-4-6-16(17)9-11-23-18/h4-7,15,18H,3,8-14H2,1-2H3/t15-,18+/m0/s1. The van der Waals surface area contributed by atoms with Crippen LogP contribution in [0.25, 0.3) is 0 Å². The predicted molar refractivity (Wildman–Crippen MR) is 91.3 cm³/mol. The maximum Gasteiger partial charge on any atom is 0.225 e. The normalized spacial score (nSPS) is 24.0. The van der Waals surface area contributed by atoms with Gasteiger partial charge in [0.05, 0.1) is 19.1 Å². The topological polar surface area (TPSA) is 32.8 Å². The third kappa shape index (κ3) is 3.93. The minimum absolute atomic E-state index is 0.0650. The van der Waals surface area contributed by atoms with Crippen molar-refractivity contribution in [2.75, 3.05) is 39.8 Å². The molecule has 0 unspecified atom stereocenters. The summed E-state index contributed by atoms with van der Waals surface area (Å²) < 4.78 is 5.89. The quantitative estimate of drug-likeness (QED) is 0.837. The van der Waals surface area contributed by atoms with Crippen molar-refractivity contribution < 1.29 is 9.53 Å². The lowest BCUT2D eigenvalue weighted by Gasteiger charge is -2.27. The van der Waals surface area contributed by atoms with Gasteiger partial charge in [0.2, 0.25) is 5.91 Å². The number of hydrogen-bond acceptors (Lipinski definition) is 3. The number of amides is 1. The van der Waals surface area contributed by atoms with Gasteiger partial charge < -0.3 is 14.5 Å². The molecule has 4 nitrogen and oxygen atoms in total. The van der Waals surface area contributed by atoms with Gasteiger partial charge in [0, 0.05) is 19.6 Å². The summed E-state index contributed by atoms with van der Waals surface area (Å²) in [5.41, 5.74) is 2.54. The molecule has 3 rings (SSSR count). The largest absolute Gasteiger partial charge is 0.373 e. The lowest BCUT2D eigenvalue weighted by molar-refractivity contribution is -0.133. The monoisotopic (exact) mass is 316 g/mol. The maximum atomic E-state index is 12.7. The first-order chi connectivity index (χ1) is 11.2. The van der Waals surface area contributed by atoms with E-state index >= 15 is 0 Å². The van der Waals surface area contributed by atoms with E-state index < -0.39 is 0 Å². The summed E-state index contributed by atoms with van der Waals surface area (Å²) >= 11 is 0. The minimum atomic E-state index is -0.0650. The first-order valence-corrected chi connectivity index (χ1v) is 8.83. The highest BCUT2D eigenvalue weighted by Crippen LogP contribution is 2.30. The van der Waals surface area contributed by atoms with Crippen LogP contribution in [0.4, 0.5) is 0 Å². The first-order valence-electron chi connectivity index (χ1n) is 8.83. The van der Waals surface area contributed by atoms with Gasteiger partial charge in [-0.15, -0.1) is 0 Å². The van der Waals surface area contributed by atoms with Crippen molar-refractivity contribution in [1.29, 1.82) is 0 Å². The van der Waals surface area contributed by atoms with Crippen molar-refractivity contribution in [3.05, 3.63) is 35.4 Å². The first kappa shape index (κ1) is 16.5. The zero-order valence-corrected chi connectivity index (χ0v) is 14.3. The van der Waals surface area contributed by atoms with Gasteiger partial charge in [0.1, 0.15) is 0 Å². The Morgan fingerprint density at radius 3 is 3.04 bits per heavy atom. The van der Waals surface area contributed by atoms with E-state index in [2.05, 4.69) is 37.1 Å². The lowest BCUT2D eigenvalue weighted by Crippen LogP contribution is -2.33. The molecule has 2 aliphatic rings. The summed E-state index contributed by atoms with van der Waals surface area (Å²) in [5, 5.41) is 0. The van der Waals surface area contributed by atoms with Crippen molar-refractivity contribution in [3.63, 3.8) is 0 Å². The molecule has 2 heterocycles. The molecule has 23 heavy (non-hydrogen) atoms. The molecule has 126 valence electrons.